The first-order valence-corrected chi connectivity index (χ1v) is 7.21. The molecule has 1 unspecified atom stereocenters. The number of carbonyl (C=O) groups is 1. The lowest BCUT2D eigenvalue weighted by Crippen LogP contribution is -2.52. The molecule has 0 radical (unpaired) electrons. The summed E-state index contributed by atoms with van der Waals surface area (Å²) in [6.07, 6.45) is 6.17. The van der Waals surface area contributed by atoms with Gasteiger partial charge in [-0.05, 0) is 19.8 Å². The van der Waals surface area contributed by atoms with Crippen molar-refractivity contribution >= 4 is 5.91 Å². The van der Waals surface area contributed by atoms with Gasteiger partial charge >= 0.3 is 0 Å². The minimum absolute atomic E-state index is 0.162. The molecule has 3 rings (SSSR count). The Morgan fingerprint density at radius 2 is 2.40 bits per heavy atom. The van der Waals surface area contributed by atoms with E-state index in [9.17, 15) is 4.79 Å². The first-order valence-electron chi connectivity index (χ1n) is 7.21. The van der Waals surface area contributed by atoms with E-state index < -0.39 is 5.60 Å². The average Bonchev–Trinajstić information content (AvgIpc) is 3.16. The topological polar surface area (TPSA) is 59.4 Å². The van der Waals surface area contributed by atoms with Gasteiger partial charge in [0.15, 0.2) is 0 Å². The molecule has 1 saturated carbocycles. The van der Waals surface area contributed by atoms with E-state index in [1.807, 2.05) is 31.3 Å². The Bertz CT molecular complexity index is 497. The third kappa shape index (κ3) is 2.86. The zero-order valence-electron chi connectivity index (χ0n) is 12.1. The first kappa shape index (κ1) is 13.6. The maximum Gasteiger partial charge on any atom is 0.236 e. The molecule has 1 amide bonds. The molecule has 6 heteroatoms. The standard InChI is InChI=1S/C14H22N4O2/c1-14(11-7-16-17(2)9-11)10-18(5-6-20-14)13(19)8-15-12-3-4-12/h7,9,12,15H,3-6,8,10H2,1-2H3. The largest absolute Gasteiger partial charge is 0.367 e. The van der Waals surface area contributed by atoms with Crippen molar-refractivity contribution in [3.05, 3.63) is 18.0 Å². The SMILES string of the molecule is Cn1cc(C2(C)CN(C(=O)CNC3CC3)CCO2)cn1. The average molecular weight is 278 g/mol. The molecule has 20 heavy (non-hydrogen) atoms. The molecule has 0 aromatic carbocycles. The van der Waals surface area contributed by atoms with Crippen molar-refractivity contribution in [3.8, 4) is 0 Å². The molecule has 0 bridgehead atoms. The van der Waals surface area contributed by atoms with Crippen molar-refractivity contribution in [1.82, 2.24) is 20.0 Å². The Balaban J connectivity index is 1.64. The van der Waals surface area contributed by atoms with Crippen LogP contribution < -0.4 is 5.32 Å². The van der Waals surface area contributed by atoms with Gasteiger partial charge in [-0.25, -0.2) is 0 Å². The van der Waals surface area contributed by atoms with Gasteiger partial charge in [-0.3, -0.25) is 9.48 Å². The summed E-state index contributed by atoms with van der Waals surface area (Å²) in [5.41, 5.74) is 0.564. The van der Waals surface area contributed by atoms with Crippen LogP contribution in [-0.2, 0) is 22.2 Å². The fourth-order valence-electron chi connectivity index (χ4n) is 2.58. The number of hydrogen-bond donors (Lipinski definition) is 1. The summed E-state index contributed by atoms with van der Waals surface area (Å²) in [5, 5.41) is 7.47. The fraction of sp³-hybridized carbons (Fsp3) is 0.714. The highest BCUT2D eigenvalue weighted by Gasteiger charge is 2.36. The highest BCUT2D eigenvalue weighted by molar-refractivity contribution is 5.78. The van der Waals surface area contributed by atoms with Crippen molar-refractivity contribution < 1.29 is 9.53 Å². The molecule has 0 spiro atoms. The lowest BCUT2D eigenvalue weighted by molar-refractivity contribution is -0.148. The molecule has 1 aliphatic heterocycles. The van der Waals surface area contributed by atoms with Crippen LogP contribution in [0.5, 0.6) is 0 Å². The summed E-state index contributed by atoms with van der Waals surface area (Å²) in [6.45, 7) is 4.29. The van der Waals surface area contributed by atoms with Crippen molar-refractivity contribution in [1.29, 1.82) is 0 Å². The zero-order chi connectivity index (χ0) is 14.2. The highest BCUT2D eigenvalue weighted by Crippen LogP contribution is 2.29. The van der Waals surface area contributed by atoms with Crippen LogP contribution in [0.1, 0.15) is 25.3 Å². The Hall–Kier alpha value is -1.40. The maximum absolute atomic E-state index is 12.2. The second-order valence-corrected chi connectivity index (χ2v) is 5.95. The first-order chi connectivity index (χ1) is 9.57. The minimum Gasteiger partial charge on any atom is -0.367 e. The molecular weight excluding hydrogens is 256 g/mol. The predicted octanol–water partition coefficient (Wildman–Crippen LogP) is 0.246. The molecule has 6 nitrogen and oxygen atoms in total. The lowest BCUT2D eigenvalue weighted by Gasteiger charge is -2.40. The van der Waals surface area contributed by atoms with E-state index in [-0.39, 0.29) is 5.91 Å². The quantitative estimate of drug-likeness (QED) is 0.857. The number of ether oxygens (including phenoxy) is 1. The molecule has 1 saturated heterocycles. The number of morpholine rings is 1. The monoisotopic (exact) mass is 278 g/mol. The zero-order valence-corrected chi connectivity index (χ0v) is 12.1. The number of hydrogen-bond acceptors (Lipinski definition) is 4. The van der Waals surface area contributed by atoms with Crippen LogP contribution in [0, 0.1) is 0 Å². The van der Waals surface area contributed by atoms with Crippen molar-refractivity contribution in [2.45, 2.75) is 31.4 Å². The number of aryl methyl sites for hydroxylation is 1. The predicted molar refractivity (Wildman–Crippen MR) is 74.1 cm³/mol. The second kappa shape index (κ2) is 5.18. The molecule has 1 aliphatic carbocycles. The summed E-state index contributed by atoms with van der Waals surface area (Å²) in [4.78, 5) is 14.1. The van der Waals surface area contributed by atoms with E-state index in [4.69, 9.17) is 4.74 Å². The number of amides is 1. The molecular formula is C14H22N4O2. The van der Waals surface area contributed by atoms with Gasteiger partial charge in [-0.1, -0.05) is 0 Å². The van der Waals surface area contributed by atoms with E-state index in [1.54, 1.807) is 4.68 Å². The smallest absolute Gasteiger partial charge is 0.236 e. The van der Waals surface area contributed by atoms with E-state index >= 15 is 0 Å². The molecule has 2 heterocycles. The Kier molecular flexibility index (Phi) is 3.52. The number of nitrogens with one attached hydrogen (secondary N) is 1. The van der Waals surface area contributed by atoms with E-state index in [0.717, 1.165) is 5.56 Å². The minimum atomic E-state index is -0.457. The molecule has 1 aromatic rings. The Morgan fingerprint density at radius 3 is 3.05 bits per heavy atom. The Labute approximate surface area is 119 Å². The van der Waals surface area contributed by atoms with E-state index in [0.29, 0.717) is 32.3 Å². The van der Waals surface area contributed by atoms with Gasteiger partial charge in [0.05, 0.1) is 25.9 Å². The number of nitrogens with zero attached hydrogens (tertiary/aromatic N) is 3. The van der Waals surface area contributed by atoms with Crippen LogP contribution in [0.25, 0.3) is 0 Å². The second-order valence-electron chi connectivity index (χ2n) is 5.95. The summed E-state index contributed by atoms with van der Waals surface area (Å²) in [5.74, 6) is 0.162. The van der Waals surface area contributed by atoms with Gasteiger partial charge in [-0.15, -0.1) is 0 Å². The van der Waals surface area contributed by atoms with Crippen molar-refractivity contribution in [2.24, 2.45) is 7.05 Å². The lowest BCUT2D eigenvalue weighted by atomic mass is 9.97. The molecule has 110 valence electrons. The van der Waals surface area contributed by atoms with E-state index in [2.05, 4.69) is 10.4 Å². The molecule has 2 fully saturated rings. The number of rotatable bonds is 4. The molecule has 1 aromatic heterocycles. The van der Waals surface area contributed by atoms with Gasteiger partial charge in [0.25, 0.3) is 0 Å². The van der Waals surface area contributed by atoms with Gasteiger partial charge in [-0.2, -0.15) is 5.10 Å². The van der Waals surface area contributed by atoms with Gasteiger partial charge in [0, 0.05) is 31.4 Å². The number of aromatic nitrogens is 2. The summed E-state index contributed by atoms with van der Waals surface area (Å²) in [7, 11) is 1.89. The van der Waals surface area contributed by atoms with Gasteiger partial charge < -0.3 is 15.0 Å². The highest BCUT2D eigenvalue weighted by atomic mass is 16.5. The van der Waals surface area contributed by atoms with Crippen LogP contribution in [-0.4, -0.2) is 52.9 Å². The van der Waals surface area contributed by atoms with Crippen LogP contribution in [0.15, 0.2) is 12.4 Å². The molecule has 1 N–H and O–H groups in total. The normalized spacial score (nSPS) is 26.8. The third-order valence-corrected chi connectivity index (χ3v) is 4.06. The fourth-order valence-corrected chi connectivity index (χ4v) is 2.58. The summed E-state index contributed by atoms with van der Waals surface area (Å²) in [6, 6.07) is 0.560. The van der Waals surface area contributed by atoms with Crippen LogP contribution >= 0.6 is 0 Å². The van der Waals surface area contributed by atoms with Gasteiger partial charge in [0.2, 0.25) is 5.91 Å². The molecule has 2 aliphatic rings. The summed E-state index contributed by atoms with van der Waals surface area (Å²) < 4.78 is 7.68. The molecule has 1 atom stereocenters. The van der Waals surface area contributed by atoms with Crippen LogP contribution in [0.4, 0.5) is 0 Å². The maximum atomic E-state index is 12.2. The van der Waals surface area contributed by atoms with Crippen LogP contribution in [0.3, 0.4) is 0 Å². The van der Waals surface area contributed by atoms with Crippen molar-refractivity contribution in [3.63, 3.8) is 0 Å². The van der Waals surface area contributed by atoms with Crippen LogP contribution in [0.2, 0.25) is 0 Å². The summed E-state index contributed by atoms with van der Waals surface area (Å²) >= 11 is 0. The van der Waals surface area contributed by atoms with Crippen molar-refractivity contribution in [2.75, 3.05) is 26.2 Å². The van der Waals surface area contributed by atoms with E-state index in [1.165, 1.54) is 12.8 Å². The number of carbonyl (C=O) groups excluding carboxylic acids is 1. The van der Waals surface area contributed by atoms with Gasteiger partial charge in [0.1, 0.15) is 5.60 Å². The third-order valence-electron chi connectivity index (χ3n) is 4.06. The Morgan fingerprint density at radius 1 is 1.60 bits per heavy atom.